The van der Waals surface area contributed by atoms with Gasteiger partial charge in [0, 0.05) is 5.56 Å². The number of hydrogen-bond acceptors (Lipinski definition) is 4. The fourth-order valence-electron chi connectivity index (χ4n) is 2.03. The molecule has 4 nitrogen and oxygen atoms in total. The maximum Gasteiger partial charge on any atom is 0.120 e. The Labute approximate surface area is 126 Å². The van der Waals surface area contributed by atoms with Crippen molar-refractivity contribution in [1.29, 1.82) is 0 Å². The zero-order chi connectivity index (χ0) is 15.1. The molecule has 114 valence electrons. The molecule has 4 heteroatoms. The van der Waals surface area contributed by atoms with Crippen molar-refractivity contribution in [1.82, 2.24) is 5.32 Å². The lowest BCUT2D eigenvalue weighted by Gasteiger charge is -2.07. The topological polar surface area (TPSA) is 43.6 Å². The molecular formula is C17H23NO3. The first kappa shape index (κ1) is 15.4. The SMILES string of the molecule is CCNCc1cc(COc2ccc(OCC)cc2)c(C)o1. The molecule has 2 aromatic rings. The average molecular weight is 289 g/mol. The first-order valence-corrected chi connectivity index (χ1v) is 7.37. The molecule has 0 saturated carbocycles. The van der Waals surface area contributed by atoms with E-state index in [2.05, 4.69) is 12.2 Å². The summed E-state index contributed by atoms with van der Waals surface area (Å²) >= 11 is 0. The Balaban J connectivity index is 1.91. The fraction of sp³-hybridized carbons (Fsp3) is 0.412. The second-order valence-corrected chi connectivity index (χ2v) is 4.77. The molecule has 1 aromatic carbocycles. The first-order chi connectivity index (χ1) is 10.2. The third kappa shape index (κ3) is 4.53. The van der Waals surface area contributed by atoms with Crippen molar-refractivity contribution >= 4 is 0 Å². The average Bonchev–Trinajstić information content (AvgIpc) is 2.85. The molecule has 0 radical (unpaired) electrons. The van der Waals surface area contributed by atoms with E-state index in [4.69, 9.17) is 13.9 Å². The van der Waals surface area contributed by atoms with E-state index in [1.54, 1.807) is 0 Å². The Kier molecular flexibility index (Phi) is 5.69. The van der Waals surface area contributed by atoms with E-state index < -0.39 is 0 Å². The monoisotopic (exact) mass is 289 g/mol. The lowest BCUT2D eigenvalue weighted by molar-refractivity contribution is 0.301. The Morgan fingerprint density at radius 1 is 1.05 bits per heavy atom. The van der Waals surface area contributed by atoms with Crippen LogP contribution in [0.5, 0.6) is 11.5 Å². The fourth-order valence-corrected chi connectivity index (χ4v) is 2.03. The van der Waals surface area contributed by atoms with Crippen LogP contribution in [0.4, 0.5) is 0 Å². The molecule has 21 heavy (non-hydrogen) atoms. The molecule has 0 spiro atoms. The zero-order valence-electron chi connectivity index (χ0n) is 12.9. The Morgan fingerprint density at radius 3 is 2.33 bits per heavy atom. The Bertz CT molecular complexity index is 546. The highest BCUT2D eigenvalue weighted by molar-refractivity contribution is 5.31. The number of hydrogen-bond donors (Lipinski definition) is 1. The number of nitrogens with one attached hydrogen (secondary N) is 1. The van der Waals surface area contributed by atoms with Crippen molar-refractivity contribution in [2.24, 2.45) is 0 Å². The Morgan fingerprint density at radius 2 is 1.71 bits per heavy atom. The number of ether oxygens (including phenoxy) is 2. The summed E-state index contributed by atoms with van der Waals surface area (Å²) in [5, 5.41) is 3.25. The summed E-state index contributed by atoms with van der Waals surface area (Å²) < 4.78 is 16.9. The van der Waals surface area contributed by atoms with Gasteiger partial charge in [-0.2, -0.15) is 0 Å². The highest BCUT2D eigenvalue weighted by atomic mass is 16.5. The van der Waals surface area contributed by atoms with E-state index in [9.17, 15) is 0 Å². The number of furan rings is 1. The van der Waals surface area contributed by atoms with Gasteiger partial charge in [-0.05, 0) is 50.7 Å². The van der Waals surface area contributed by atoms with Crippen LogP contribution in [-0.4, -0.2) is 13.2 Å². The van der Waals surface area contributed by atoms with E-state index in [-0.39, 0.29) is 0 Å². The van der Waals surface area contributed by atoms with E-state index >= 15 is 0 Å². The quantitative estimate of drug-likeness (QED) is 0.805. The molecular weight excluding hydrogens is 266 g/mol. The van der Waals surface area contributed by atoms with E-state index in [0.717, 1.165) is 41.7 Å². The molecule has 1 aromatic heterocycles. The van der Waals surface area contributed by atoms with Crippen LogP contribution < -0.4 is 14.8 Å². The van der Waals surface area contributed by atoms with E-state index in [0.29, 0.717) is 13.2 Å². The molecule has 0 aliphatic carbocycles. The minimum Gasteiger partial charge on any atom is -0.494 e. The van der Waals surface area contributed by atoms with Gasteiger partial charge in [0.15, 0.2) is 0 Å². The minimum absolute atomic E-state index is 0.509. The lowest BCUT2D eigenvalue weighted by Crippen LogP contribution is -2.10. The smallest absolute Gasteiger partial charge is 0.120 e. The van der Waals surface area contributed by atoms with Gasteiger partial charge in [0.2, 0.25) is 0 Å². The second kappa shape index (κ2) is 7.74. The van der Waals surface area contributed by atoms with Crippen molar-refractivity contribution in [2.45, 2.75) is 33.9 Å². The standard InChI is InChI=1S/C17H23NO3/c1-4-18-11-17-10-14(13(3)21-17)12-20-16-8-6-15(7-9-16)19-5-2/h6-10,18H,4-5,11-12H2,1-3H3. The summed E-state index contributed by atoms with van der Waals surface area (Å²) in [6, 6.07) is 9.71. The predicted octanol–water partition coefficient (Wildman–Crippen LogP) is 3.68. The predicted molar refractivity (Wildman–Crippen MR) is 82.8 cm³/mol. The number of benzene rings is 1. The van der Waals surface area contributed by atoms with Crippen molar-refractivity contribution in [3.05, 3.63) is 47.4 Å². The summed E-state index contributed by atoms with van der Waals surface area (Å²) in [4.78, 5) is 0. The molecule has 0 atom stereocenters. The molecule has 2 rings (SSSR count). The van der Waals surface area contributed by atoms with Gasteiger partial charge in [-0.1, -0.05) is 6.92 Å². The largest absolute Gasteiger partial charge is 0.494 e. The molecule has 0 fully saturated rings. The molecule has 0 unspecified atom stereocenters. The van der Waals surface area contributed by atoms with Crippen molar-refractivity contribution in [3.8, 4) is 11.5 Å². The number of aryl methyl sites for hydroxylation is 1. The van der Waals surface area contributed by atoms with Gasteiger partial charge in [-0.25, -0.2) is 0 Å². The van der Waals surface area contributed by atoms with Gasteiger partial charge in [-0.15, -0.1) is 0 Å². The minimum atomic E-state index is 0.509. The van der Waals surface area contributed by atoms with Crippen molar-refractivity contribution in [2.75, 3.05) is 13.2 Å². The van der Waals surface area contributed by atoms with Crippen molar-refractivity contribution in [3.63, 3.8) is 0 Å². The summed E-state index contributed by atoms with van der Waals surface area (Å²) in [6.07, 6.45) is 0. The highest BCUT2D eigenvalue weighted by Crippen LogP contribution is 2.21. The second-order valence-electron chi connectivity index (χ2n) is 4.77. The molecule has 1 N–H and O–H groups in total. The van der Waals surface area contributed by atoms with Crippen LogP contribution in [0, 0.1) is 6.92 Å². The normalized spacial score (nSPS) is 10.6. The maximum absolute atomic E-state index is 5.79. The van der Waals surface area contributed by atoms with Gasteiger partial charge >= 0.3 is 0 Å². The first-order valence-electron chi connectivity index (χ1n) is 7.37. The van der Waals surface area contributed by atoms with Crippen molar-refractivity contribution < 1.29 is 13.9 Å². The van der Waals surface area contributed by atoms with Crippen LogP contribution in [-0.2, 0) is 13.2 Å². The van der Waals surface area contributed by atoms with Crippen LogP contribution in [0.15, 0.2) is 34.7 Å². The van der Waals surface area contributed by atoms with Crippen LogP contribution >= 0.6 is 0 Å². The molecule has 1 heterocycles. The van der Waals surface area contributed by atoms with Crippen LogP contribution in [0.3, 0.4) is 0 Å². The van der Waals surface area contributed by atoms with Crippen LogP contribution in [0.25, 0.3) is 0 Å². The Hall–Kier alpha value is -1.94. The number of rotatable bonds is 8. The van der Waals surface area contributed by atoms with Gasteiger partial charge in [0.1, 0.15) is 29.6 Å². The van der Waals surface area contributed by atoms with E-state index in [1.807, 2.05) is 44.2 Å². The van der Waals surface area contributed by atoms with Gasteiger partial charge in [0.25, 0.3) is 0 Å². The zero-order valence-corrected chi connectivity index (χ0v) is 12.9. The summed E-state index contributed by atoms with van der Waals surface area (Å²) in [7, 11) is 0. The molecule has 0 saturated heterocycles. The van der Waals surface area contributed by atoms with Gasteiger partial charge < -0.3 is 19.2 Å². The summed E-state index contributed by atoms with van der Waals surface area (Å²) in [5.74, 6) is 3.54. The molecule has 0 bridgehead atoms. The van der Waals surface area contributed by atoms with E-state index in [1.165, 1.54) is 0 Å². The molecule has 0 aliphatic heterocycles. The van der Waals surface area contributed by atoms with Crippen LogP contribution in [0.2, 0.25) is 0 Å². The van der Waals surface area contributed by atoms with Gasteiger partial charge in [-0.3, -0.25) is 0 Å². The highest BCUT2D eigenvalue weighted by Gasteiger charge is 2.08. The summed E-state index contributed by atoms with van der Waals surface area (Å²) in [6.45, 7) is 8.87. The van der Waals surface area contributed by atoms with Gasteiger partial charge in [0.05, 0.1) is 13.2 Å². The third-order valence-corrected chi connectivity index (χ3v) is 3.15. The van der Waals surface area contributed by atoms with Crippen LogP contribution in [0.1, 0.15) is 30.9 Å². The summed E-state index contributed by atoms with van der Waals surface area (Å²) in [5.41, 5.74) is 1.08. The third-order valence-electron chi connectivity index (χ3n) is 3.15. The lowest BCUT2D eigenvalue weighted by atomic mass is 10.2. The molecule has 0 aliphatic rings. The maximum atomic E-state index is 5.79. The molecule has 0 amide bonds.